The maximum atomic E-state index is 12.8. The van der Waals surface area contributed by atoms with Crippen molar-refractivity contribution in [3.63, 3.8) is 0 Å². The molecular formula is C21H21NO4. The first-order valence-corrected chi connectivity index (χ1v) is 8.97. The monoisotopic (exact) mass is 351 g/mol. The second-order valence-electron chi connectivity index (χ2n) is 6.69. The van der Waals surface area contributed by atoms with E-state index < -0.39 is 0 Å². The zero-order valence-electron chi connectivity index (χ0n) is 14.5. The number of ether oxygens (including phenoxy) is 2. The average molecular weight is 351 g/mol. The topological polar surface area (TPSA) is 55.8 Å². The SMILES string of the molecule is O=C1CC[C@H](C2c3ccccc3CCN2C(=O)OCc2ccccc2)O1. The molecule has 26 heavy (non-hydrogen) atoms. The van der Waals surface area contributed by atoms with E-state index >= 15 is 0 Å². The van der Waals surface area contributed by atoms with Crippen LogP contribution in [0.15, 0.2) is 54.6 Å². The van der Waals surface area contributed by atoms with E-state index in [2.05, 4.69) is 6.07 Å². The molecule has 1 amide bonds. The zero-order chi connectivity index (χ0) is 17.9. The third kappa shape index (κ3) is 3.29. The van der Waals surface area contributed by atoms with Gasteiger partial charge in [-0.25, -0.2) is 4.79 Å². The van der Waals surface area contributed by atoms with E-state index in [1.807, 2.05) is 48.5 Å². The van der Waals surface area contributed by atoms with E-state index in [0.29, 0.717) is 19.4 Å². The van der Waals surface area contributed by atoms with Crippen LogP contribution in [0.3, 0.4) is 0 Å². The van der Waals surface area contributed by atoms with E-state index in [9.17, 15) is 9.59 Å². The Balaban J connectivity index is 1.55. The summed E-state index contributed by atoms with van der Waals surface area (Å²) in [6, 6.07) is 17.4. The molecule has 0 aromatic heterocycles. The molecule has 1 saturated heterocycles. The fraction of sp³-hybridized carbons (Fsp3) is 0.333. The number of rotatable bonds is 3. The lowest BCUT2D eigenvalue weighted by Gasteiger charge is -2.38. The van der Waals surface area contributed by atoms with Crippen molar-refractivity contribution in [3.8, 4) is 0 Å². The predicted molar refractivity (Wildman–Crippen MR) is 95.3 cm³/mol. The summed E-state index contributed by atoms with van der Waals surface area (Å²) in [4.78, 5) is 26.1. The van der Waals surface area contributed by atoms with Crippen molar-refractivity contribution in [1.29, 1.82) is 0 Å². The highest BCUT2D eigenvalue weighted by molar-refractivity contribution is 5.73. The van der Waals surface area contributed by atoms with Crippen molar-refractivity contribution in [2.24, 2.45) is 0 Å². The molecule has 0 aliphatic carbocycles. The van der Waals surface area contributed by atoms with Gasteiger partial charge in [0, 0.05) is 13.0 Å². The minimum Gasteiger partial charge on any atom is -0.460 e. The van der Waals surface area contributed by atoms with Crippen molar-refractivity contribution in [3.05, 3.63) is 71.3 Å². The molecule has 2 heterocycles. The molecule has 1 fully saturated rings. The summed E-state index contributed by atoms with van der Waals surface area (Å²) in [5, 5.41) is 0. The predicted octanol–water partition coefficient (Wildman–Crippen LogP) is 3.63. The molecule has 134 valence electrons. The Bertz CT molecular complexity index is 805. The molecular weight excluding hydrogens is 330 g/mol. The molecule has 2 aliphatic rings. The number of cyclic esters (lactones) is 1. The van der Waals surface area contributed by atoms with Crippen molar-refractivity contribution in [2.75, 3.05) is 6.54 Å². The molecule has 0 radical (unpaired) electrons. The molecule has 2 aromatic rings. The highest BCUT2D eigenvalue weighted by Crippen LogP contribution is 2.37. The summed E-state index contributed by atoms with van der Waals surface area (Å²) < 4.78 is 11.1. The van der Waals surface area contributed by atoms with Gasteiger partial charge in [0.2, 0.25) is 0 Å². The standard InChI is InChI=1S/C21H21NO4/c23-19-11-10-18(26-19)20-17-9-5-4-8-16(17)12-13-22(20)21(24)25-14-15-6-2-1-3-7-15/h1-9,18,20H,10-14H2/t18-,20?/m1/s1. The molecule has 4 rings (SSSR count). The van der Waals surface area contributed by atoms with Gasteiger partial charge in [0.1, 0.15) is 12.7 Å². The molecule has 0 N–H and O–H groups in total. The Morgan fingerprint density at radius 2 is 1.85 bits per heavy atom. The molecule has 0 saturated carbocycles. The first-order valence-electron chi connectivity index (χ1n) is 8.97. The number of esters is 1. The van der Waals surface area contributed by atoms with Crippen molar-refractivity contribution in [1.82, 2.24) is 4.90 Å². The summed E-state index contributed by atoms with van der Waals surface area (Å²) in [6.45, 7) is 0.790. The molecule has 1 unspecified atom stereocenters. The Morgan fingerprint density at radius 1 is 1.08 bits per heavy atom. The molecule has 0 spiro atoms. The van der Waals surface area contributed by atoms with E-state index in [1.165, 1.54) is 5.56 Å². The van der Waals surface area contributed by atoms with Crippen LogP contribution in [0.2, 0.25) is 0 Å². The van der Waals surface area contributed by atoms with E-state index in [4.69, 9.17) is 9.47 Å². The number of hydrogen-bond acceptors (Lipinski definition) is 4. The first kappa shape index (κ1) is 16.6. The van der Waals surface area contributed by atoms with Crippen LogP contribution < -0.4 is 0 Å². The van der Waals surface area contributed by atoms with Crippen LogP contribution in [-0.4, -0.2) is 29.6 Å². The highest BCUT2D eigenvalue weighted by Gasteiger charge is 2.41. The van der Waals surface area contributed by atoms with Crippen LogP contribution in [-0.2, 0) is 27.3 Å². The van der Waals surface area contributed by atoms with Crippen LogP contribution in [0.5, 0.6) is 0 Å². The lowest BCUT2D eigenvalue weighted by molar-refractivity contribution is -0.143. The van der Waals surface area contributed by atoms with Gasteiger partial charge in [-0.05, 0) is 29.5 Å². The fourth-order valence-corrected chi connectivity index (χ4v) is 3.78. The van der Waals surface area contributed by atoms with Crippen LogP contribution in [0.25, 0.3) is 0 Å². The minimum absolute atomic E-state index is 0.198. The van der Waals surface area contributed by atoms with Gasteiger partial charge in [-0.1, -0.05) is 54.6 Å². The third-order valence-electron chi connectivity index (χ3n) is 5.04. The Labute approximate surface area is 152 Å². The smallest absolute Gasteiger partial charge is 0.410 e. The maximum absolute atomic E-state index is 12.8. The quantitative estimate of drug-likeness (QED) is 0.793. The normalized spacial score (nSPS) is 21.8. The van der Waals surface area contributed by atoms with Gasteiger partial charge >= 0.3 is 12.1 Å². The Hall–Kier alpha value is -2.82. The summed E-state index contributed by atoms with van der Waals surface area (Å²) in [5.74, 6) is -0.198. The van der Waals surface area contributed by atoms with Gasteiger partial charge in [-0.15, -0.1) is 0 Å². The number of carbonyl (C=O) groups is 2. The highest BCUT2D eigenvalue weighted by atomic mass is 16.6. The zero-order valence-corrected chi connectivity index (χ0v) is 14.5. The van der Waals surface area contributed by atoms with Gasteiger partial charge in [0.25, 0.3) is 0 Å². The molecule has 2 aromatic carbocycles. The second-order valence-corrected chi connectivity index (χ2v) is 6.69. The number of amides is 1. The number of carbonyl (C=O) groups excluding carboxylic acids is 2. The van der Waals surface area contributed by atoms with Gasteiger partial charge in [-0.2, -0.15) is 0 Å². The summed E-state index contributed by atoms with van der Waals surface area (Å²) in [7, 11) is 0. The van der Waals surface area contributed by atoms with Crippen LogP contribution in [0.1, 0.15) is 35.6 Å². The fourth-order valence-electron chi connectivity index (χ4n) is 3.78. The second kappa shape index (κ2) is 7.20. The third-order valence-corrected chi connectivity index (χ3v) is 5.04. The first-order chi connectivity index (χ1) is 12.7. The molecule has 2 atom stereocenters. The molecule has 0 bridgehead atoms. The van der Waals surface area contributed by atoms with Crippen molar-refractivity contribution in [2.45, 2.75) is 38.0 Å². The maximum Gasteiger partial charge on any atom is 0.410 e. The Morgan fingerprint density at radius 3 is 2.62 bits per heavy atom. The molecule has 5 nitrogen and oxygen atoms in total. The minimum atomic E-state index is -0.365. The van der Waals surface area contributed by atoms with Gasteiger partial charge in [0.05, 0.1) is 6.04 Å². The van der Waals surface area contributed by atoms with Gasteiger partial charge in [0.15, 0.2) is 0 Å². The van der Waals surface area contributed by atoms with E-state index in [1.54, 1.807) is 4.90 Å². The van der Waals surface area contributed by atoms with Gasteiger partial charge in [-0.3, -0.25) is 9.69 Å². The van der Waals surface area contributed by atoms with E-state index in [0.717, 1.165) is 17.5 Å². The number of hydrogen-bond donors (Lipinski definition) is 0. The largest absolute Gasteiger partial charge is 0.460 e. The number of nitrogens with zero attached hydrogens (tertiary/aromatic N) is 1. The number of benzene rings is 2. The number of fused-ring (bicyclic) bond motifs is 1. The van der Waals surface area contributed by atoms with E-state index in [-0.39, 0.29) is 30.8 Å². The van der Waals surface area contributed by atoms with Gasteiger partial charge < -0.3 is 9.47 Å². The van der Waals surface area contributed by atoms with Crippen LogP contribution in [0.4, 0.5) is 4.79 Å². The summed E-state index contributed by atoms with van der Waals surface area (Å²) >= 11 is 0. The molecule has 2 aliphatic heterocycles. The summed E-state index contributed by atoms with van der Waals surface area (Å²) in [6.07, 6.45) is 1.12. The van der Waals surface area contributed by atoms with Crippen molar-refractivity contribution < 1.29 is 19.1 Å². The summed E-state index contributed by atoms with van der Waals surface area (Å²) in [5.41, 5.74) is 3.20. The average Bonchev–Trinajstić information content (AvgIpc) is 3.12. The van der Waals surface area contributed by atoms with Crippen molar-refractivity contribution >= 4 is 12.1 Å². The Kier molecular flexibility index (Phi) is 4.61. The lowest BCUT2D eigenvalue weighted by atomic mass is 9.89. The molecule has 5 heteroatoms. The lowest BCUT2D eigenvalue weighted by Crippen LogP contribution is -2.45. The van der Waals surface area contributed by atoms with Crippen LogP contribution in [0, 0.1) is 0 Å². The van der Waals surface area contributed by atoms with Crippen LogP contribution >= 0.6 is 0 Å².